The van der Waals surface area contributed by atoms with Crippen molar-refractivity contribution in [1.29, 1.82) is 0 Å². The van der Waals surface area contributed by atoms with Crippen LogP contribution in [0.15, 0.2) is 11.2 Å². The van der Waals surface area contributed by atoms with Crippen LogP contribution in [0.1, 0.15) is 38.4 Å². The minimum Gasteiger partial charge on any atom is -0.337 e. The van der Waals surface area contributed by atoms with E-state index in [1.165, 1.54) is 0 Å². The zero-order chi connectivity index (χ0) is 14.9. The summed E-state index contributed by atoms with van der Waals surface area (Å²) < 4.78 is 28.8. The Morgan fingerprint density at radius 2 is 2.00 bits per heavy atom. The summed E-state index contributed by atoms with van der Waals surface area (Å²) in [6, 6.07) is 0.261. The van der Waals surface area contributed by atoms with Gasteiger partial charge in [-0.1, -0.05) is 6.92 Å². The van der Waals surface area contributed by atoms with Gasteiger partial charge < -0.3 is 10.3 Å². The molecule has 0 aliphatic heterocycles. The van der Waals surface area contributed by atoms with E-state index in [0.717, 1.165) is 25.7 Å². The molecular weight excluding hydrogens is 276 g/mol. The van der Waals surface area contributed by atoms with Gasteiger partial charge in [0.05, 0.1) is 0 Å². The molecule has 1 aliphatic carbocycles. The van der Waals surface area contributed by atoms with Crippen molar-refractivity contribution in [1.82, 2.24) is 13.9 Å². The Labute approximate surface area is 121 Å². The van der Waals surface area contributed by atoms with E-state index in [2.05, 4.69) is 4.98 Å². The third kappa shape index (κ3) is 2.89. The van der Waals surface area contributed by atoms with E-state index in [0.29, 0.717) is 12.4 Å². The standard InChI is InChI=1S/C13H24N4O2S/c1-4-17(12-7-5-11(14)6-8-12)20(18,19)13-9-16(3)10(2)15-13/h9,11-12H,4-8,14H2,1-3H3. The second kappa shape index (κ2) is 5.83. The van der Waals surface area contributed by atoms with Gasteiger partial charge in [-0.05, 0) is 32.6 Å². The minimum atomic E-state index is -3.51. The lowest BCUT2D eigenvalue weighted by molar-refractivity contribution is 0.246. The van der Waals surface area contributed by atoms with Gasteiger partial charge in [0.1, 0.15) is 5.82 Å². The van der Waals surface area contributed by atoms with E-state index in [4.69, 9.17) is 5.73 Å². The highest BCUT2D eigenvalue weighted by Crippen LogP contribution is 2.26. The molecule has 0 bridgehead atoms. The molecule has 1 aromatic heterocycles. The number of nitrogens with zero attached hydrogens (tertiary/aromatic N) is 3. The lowest BCUT2D eigenvalue weighted by Crippen LogP contribution is -2.44. The highest BCUT2D eigenvalue weighted by atomic mass is 32.2. The third-order valence-electron chi connectivity index (χ3n) is 4.12. The molecular formula is C13H24N4O2S. The molecule has 0 unspecified atom stereocenters. The summed E-state index contributed by atoms with van der Waals surface area (Å²) in [7, 11) is -1.71. The summed E-state index contributed by atoms with van der Waals surface area (Å²) in [5.74, 6) is 0.699. The summed E-state index contributed by atoms with van der Waals surface area (Å²) in [4.78, 5) is 4.17. The first-order valence-corrected chi connectivity index (χ1v) is 8.57. The molecule has 0 amide bonds. The summed E-state index contributed by atoms with van der Waals surface area (Å²) in [6.07, 6.45) is 5.03. The van der Waals surface area contributed by atoms with Crippen molar-refractivity contribution >= 4 is 10.0 Å². The van der Waals surface area contributed by atoms with Gasteiger partial charge in [-0.3, -0.25) is 0 Å². The van der Waals surface area contributed by atoms with Gasteiger partial charge in [-0.2, -0.15) is 4.31 Å². The maximum absolute atomic E-state index is 12.7. The molecule has 114 valence electrons. The fraction of sp³-hybridized carbons (Fsp3) is 0.769. The van der Waals surface area contributed by atoms with Gasteiger partial charge in [0.2, 0.25) is 0 Å². The molecule has 1 fully saturated rings. The molecule has 6 nitrogen and oxygen atoms in total. The van der Waals surface area contributed by atoms with Crippen molar-refractivity contribution in [2.24, 2.45) is 12.8 Å². The van der Waals surface area contributed by atoms with Gasteiger partial charge in [-0.25, -0.2) is 13.4 Å². The SMILES string of the molecule is CCN(C1CCC(N)CC1)S(=O)(=O)c1cn(C)c(C)n1. The van der Waals surface area contributed by atoms with Gasteiger partial charge in [0.15, 0.2) is 5.03 Å². The van der Waals surface area contributed by atoms with Gasteiger partial charge in [-0.15, -0.1) is 0 Å². The molecule has 1 aliphatic rings. The zero-order valence-corrected chi connectivity index (χ0v) is 13.2. The molecule has 2 N–H and O–H groups in total. The lowest BCUT2D eigenvalue weighted by atomic mass is 9.92. The zero-order valence-electron chi connectivity index (χ0n) is 12.4. The van der Waals surface area contributed by atoms with Gasteiger partial charge in [0.25, 0.3) is 10.0 Å². The first kappa shape index (κ1) is 15.5. The molecule has 1 aromatic rings. The van der Waals surface area contributed by atoms with Crippen LogP contribution in [0.2, 0.25) is 0 Å². The monoisotopic (exact) mass is 300 g/mol. The highest BCUT2D eigenvalue weighted by molar-refractivity contribution is 7.89. The van der Waals surface area contributed by atoms with Crippen molar-refractivity contribution in [2.45, 2.75) is 56.6 Å². The number of aryl methyl sites for hydroxylation is 2. The maximum Gasteiger partial charge on any atom is 0.262 e. The quantitative estimate of drug-likeness (QED) is 0.900. The van der Waals surface area contributed by atoms with E-state index >= 15 is 0 Å². The first-order chi connectivity index (χ1) is 9.36. The fourth-order valence-electron chi connectivity index (χ4n) is 2.78. The number of sulfonamides is 1. The van der Waals surface area contributed by atoms with Crippen LogP contribution in [0, 0.1) is 6.92 Å². The normalized spacial score (nSPS) is 24.2. The number of rotatable bonds is 4. The van der Waals surface area contributed by atoms with Crippen molar-refractivity contribution in [3.05, 3.63) is 12.0 Å². The molecule has 1 saturated carbocycles. The average Bonchev–Trinajstić information content (AvgIpc) is 2.73. The summed E-state index contributed by atoms with van der Waals surface area (Å²) in [5, 5.41) is 0.147. The summed E-state index contributed by atoms with van der Waals surface area (Å²) in [5.41, 5.74) is 5.90. The van der Waals surface area contributed by atoms with E-state index in [9.17, 15) is 8.42 Å². The van der Waals surface area contributed by atoms with Crippen molar-refractivity contribution < 1.29 is 8.42 Å². The Balaban J connectivity index is 2.25. The molecule has 1 heterocycles. The largest absolute Gasteiger partial charge is 0.337 e. The Hall–Kier alpha value is -0.920. The second-order valence-corrected chi connectivity index (χ2v) is 7.35. The molecule has 7 heteroatoms. The number of hydrogen-bond acceptors (Lipinski definition) is 4. The topological polar surface area (TPSA) is 81.2 Å². The minimum absolute atomic E-state index is 0.0483. The smallest absolute Gasteiger partial charge is 0.262 e. The van der Waals surface area contributed by atoms with Crippen molar-refractivity contribution in [3.8, 4) is 0 Å². The van der Waals surface area contributed by atoms with Crippen LogP contribution in [-0.4, -0.2) is 40.9 Å². The van der Waals surface area contributed by atoms with E-state index < -0.39 is 10.0 Å². The van der Waals surface area contributed by atoms with Crippen LogP contribution in [-0.2, 0) is 17.1 Å². The second-order valence-electron chi connectivity index (χ2n) is 5.51. The van der Waals surface area contributed by atoms with Crippen LogP contribution in [0.5, 0.6) is 0 Å². The van der Waals surface area contributed by atoms with Crippen LogP contribution in [0.3, 0.4) is 0 Å². The van der Waals surface area contributed by atoms with E-state index in [-0.39, 0.29) is 17.1 Å². The number of hydrogen-bond donors (Lipinski definition) is 1. The summed E-state index contributed by atoms with van der Waals surface area (Å²) >= 11 is 0. The van der Waals surface area contributed by atoms with Crippen molar-refractivity contribution in [2.75, 3.05) is 6.54 Å². The number of aromatic nitrogens is 2. The number of nitrogens with two attached hydrogens (primary N) is 1. The molecule has 0 spiro atoms. The molecule has 0 saturated heterocycles. The number of imidazole rings is 1. The van der Waals surface area contributed by atoms with Gasteiger partial charge >= 0.3 is 0 Å². The molecule has 0 radical (unpaired) electrons. The Bertz CT molecular complexity index is 539. The van der Waals surface area contributed by atoms with Gasteiger partial charge in [0, 0.05) is 31.9 Å². The molecule has 0 aromatic carbocycles. The Morgan fingerprint density at radius 3 is 2.45 bits per heavy atom. The highest BCUT2D eigenvalue weighted by Gasteiger charge is 2.34. The van der Waals surface area contributed by atoms with E-state index in [1.54, 1.807) is 29.0 Å². The predicted molar refractivity (Wildman–Crippen MR) is 77.7 cm³/mol. The maximum atomic E-state index is 12.7. The molecule has 20 heavy (non-hydrogen) atoms. The predicted octanol–water partition coefficient (Wildman–Crippen LogP) is 1.01. The van der Waals surface area contributed by atoms with Crippen LogP contribution in [0.4, 0.5) is 0 Å². The van der Waals surface area contributed by atoms with Crippen molar-refractivity contribution in [3.63, 3.8) is 0 Å². The lowest BCUT2D eigenvalue weighted by Gasteiger charge is -2.34. The van der Waals surface area contributed by atoms with Crippen LogP contribution >= 0.6 is 0 Å². The molecule has 0 atom stereocenters. The molecule has 2 rings (SSSR count). The third-order valence-corrected chi connectivity index (χ3v) is 6.02. The summed E-state index contributed by atoms with van der Waals surface area (Å²) in [6.45, 7) is 4.15. The first-order valence-electron chi connectivity index (χ1n) is 7.13. The fourth-order valence-corrected chi connectivity index (χ4v) is 4.51. The Morgan fingerprint density at radius 1 is 1.40 bits per heavy atom. The Kier molecular flexibility index (Phi) is 4.51. The van der Waals surface area contributed by atoms with E-state index in [1.807, 2.05) is 6.92 Å². The van der Waals surface area contributed by atoms with Crippen LogP contribution in [0.25, 0.3) is 0 Å². The average molecular weight is 300 g/mol. The van der Waals surface area contributed by atoms with Crippen LogP contribution < -0.4 is 5.73 Å².